The minimum Gasteiger partial charge on any atom is -0.347 e. The molecule has 0 aliphatic heterocycles. The molecule has 23 heavy (non-hydrogen) atoms. The summed E-state index contributed by atoms with van der Waals surface area (Å²) in [5, 5.41) is 14.1. The van der Waals surface area contributed by atoms with Gasteiger partial charge in [0.05, 0.1) is 5.69 Å². The zero-order valence-electron chi connectivity index (χ0n) is 13.4. The Kier molecular flexibility index (Phi) is 3.63. The Morgan fingerprint density at radius 1 is 1.30 bits per heavy atom. The first-order valence-electron chi connectivity index (χ1n) is 8.48. The van der Waals surface area contributed by atoms with Gasteiger partial charge >= 0.3 is 0 Å². The highest BCUT2D eigenvalue weighted by molar-refractivity contribution is 5.93. The van der Waals surface area contributed by atoms with Crippen molar-refractivity contribution < 1.29 is 4.79 Å². The minimum atomic E-state index is -0.0785. The predicted octanol–water partition coefficient (Wildman–Crippen LogP) is 2.74. The molecule has 1 aromatic heterocycles. The van der Waals surface area contributed by atoms with E-state index in [1.165, 1.54) is 24.0 Å². The number of carbonyl (C=O) groups excluding carboxylic acids is 1. The number of carbonyl (C=O) groups is 1. The summed E-state index contributed by atoms with van der Waals surface area (Å²) in [7, 11) is 0. The van der Waals surface area contributed by atoms with Crippen LogP contribution in [0, 0.1) is 12.8 Å². The average molecular weight is 310 g/mol. The highest BCUT2D eigenvalue weighted by Gasteiger charge is 2.35. The summed E-state index contributed by atoms with van der Waals surface area (Å²) in [5.74, 6) is 0.937. The number of H-pyrrole nitrogens is 1. The first kappa shape index (κ1) is 14.4. The minimum absolute atomic E-state index is 0.0785. The fourth-order valence-electron chi connectivity index (χ4n) is 3.21. The Hall–Kier alpha value is -2.17. The van der Waals surface area contributed by atoms with E-state index in [0.717, 1.165) is 25.0 Å². The maximum Gasteiger partial charge on any atom is 0.274 e. The van der Waals surface area contributed by atoms with Crippen molar-refractivity contribution in [2.24, 2.45) is 5.92 Å². The molecule has 2 aliphatic rings. The Morgan fingerprint density at radius 2 is 2.13 bits per heavy atom. The molecule has 5 heteroatoms. The van der Waals surface area contributed by atoms with Gasteiger partial charge in [-0.15, -0.1) is 0 Å². The van der Waals surface area contributed by atoms with Gasteiger partial charge in [0.1, 0.15) is 0 Å². The molecule has 1 amide bonds. The molecular weight excluding hydrogens is 288 g/mol. The van der Waals surface area contributed by atoms with Crippen LogP contribution in [0.5, 0.6) is 0 Å². The van der Waals surface area contributed by atoms with E-state index in [4.69, 9.17) is 0 Å². The molecule has 1 heterocycles. The van der Waals surface area contributed by atoms with E-state index in [1.54, 1.807) is 0 Å². The molecule has 1 unspecified atom stereocenters. The molecule has 0 spiro atoms. The molecule has 0 radical (unpaired) electrons. The number of aromatic nitrogens is 3. The second kappa shape index (κ2) is 5.80. The molecule has 2 saturated carbocycles. The fraction of sp³-hybridized carbons (Fsp3) is 0.500. The molecular formula is C18H22N4O. The second-order valence-electron chi connectivity index (χ2n) is 6.94. The third-order valence-corrected chi connectivity index (χ3v) is 4.80. The van der Waals surface area contributed by atoms with Crippen LogP contribution < -0.4 is 5.32 Å². The van der Waals surface area contributed by atoms with E-state index < -0.39 is 0 Å². The van der Waals surface area contributed by atoms with Crippen LogP contribution in [0.2, 0.25) is 0 Å². The van der Waals surface area contributed by atoms with Crippen molar-refractivity contribution in [2.75, 3.05) is 0 Å². The highest BCUT2D eigenvalue weighted by atomic mass is 16.2. The smallest absolute Gasteiger partial charge is 0.274 e. The van der Waals surface area contributed by atoms with Crippen molar-refractivity contribution >= 4 is 5.91 Å². The normalized spacial score (nSPS) is 18.7. The molecule has 2 fully saturated rings. The summed E-state index contributed by atoms with van der Waals surface area (Å²) in [5.41, 5.74) is 3.87. The van der Waals surface area contributed by atoms with E-state index in [-0.39, 0.29) is 11.9 Å². The summed E-state index contributed by atoms with van der Waals surface area (Å²) in [4.78, 5) is 12.6. The van der Waals surface area contributed by atoms with Crippen molar-refractivity contribution in [3.05, 3.63) is 46.8 Å². The second-order valence-corrected chi connectivity index (χ2v) is 6.94. The number of aryl methyl sites for hydroxylation is 1. The Morgan fingerprint density at radius 3 is 2.83 bits per heavy atom. The summed E-state index contributed by atoms with van der Waals surface area (Å²) < 4.78 is 0. The maximum absolute atomic E-state index is 12.6. The molecule has 0 bridgehead atoms. The number of hydrogen-bond donors (Lipinski definition) is 2. The highest BCUT2D eigenvalue weighted by Crippen LogP contribution is 2.40. The zero-order chi connectivity index (χ0) is 15.8. The van der Waals surface area contributed by atoms with E-state index in [9.17, 15) is 4.79 Å². The van der Waals surface area contributed by atoms with Crippen LogP contribution in [0.4, 0.5) is 0 Å². The van der Waals surface area contributed by atoms with Gasteiger partial charge in [0.2, 0.25) is 0 Å². The molecule has 4 rings (SSSR count). The van der Waals surface area contributed by atoms with Gasteiger partial charge in [-0.05, 0) is 50.5 Å². The molecule has 2 aromatic rings. The molecule has 5 nitrogen and oxygen atoms in total. The topological polar surface area (TPSA) is 70.7 Å². The zero-order valence-corrected chi connectivity index (χ0v) is 13.4. The average Bonchev–Trinajstić information content (AvgIpc) is 3.45. The molecule has 1 aromatic carbocycles. The summed E-state index contributed by atoms with van der Waals surface area (Å²) >= 11 is 0. The number of benzene rings is 1. The van der Waals surface area contributed by atoms with Gasteiger partial charge in [-0.2, -0.15) is 15.4 Å². The number of aromatic amines is 1. The van der Waals surface area contributed by atoms with Crippen LogP contribution in [0.15, 0.2) is 24.3 Å². The number of hydrogen-bond acceptors (Lipinski definition) is 3. The Balaban J connectivity index is 1.47. The summed E-state index contributed by atoms with van der Waals surface area (Å²) in [6, 6.07) is 8.71. The number of rotatable bonds is 6. The van der Waals surface area contributed by atoms with Gasteiger partial charge in [0.25, 0.3) is 5.91 Å². The van der Waals surface area contributed by atoms with E-state index in [2.05, 4.69) is 51.9 Å². The predicted molar refractivity (Wildman–Crippen MR) is 87.2 cm³/mol. The SMILES string of the molecule is Cc1cccc(CC(NC(=O)c2n[nH]nc2C2CC2)C2CC2)c1. The van der Waals surface area contributed by atoms with Gasteiger partial charge in [-0.1, -0.05) is 29.8 Å². The first-order chi connectivity index (χ1) is 11.2. The largest absolute Gasteiger partial charge is 0.347 e. The lowest BCUT2D eigenvalue weighted by molar-refractivity contribution is 0.0925. The molecule has 2 N–H and O–H groups in total. The van der Waals surface area contributed by atoms with Crippen LogP contribution in [-0.4, -0.2) is 27.4 Å². The van der Waals surface area contributed by atoms with Crippen molar-refractivity contribution in [3.8, 4) is 0 Å². The van der Waals surface area contributed by atoms with Crippen LogP contribution in [-0.2, 0) is 6.42 Å². The standard InChI is InChI=1S/C18H22N4O/c1-11-3-2-4-12(9-11)10-15(13-5-6-13)19-18(23)17-16(14-7-8-14)20-22-21-17/h2-4,9,13-15H,5-8,10H2,1H3,(H,19,23)(H,20,21,22). The molecule has 0 saturated heterocycles. The quantitative estimate of drug-likeness (QED) is 0.862. The van der Waals surface area contributed by atoms with Gasteiger partial charge in [-0.25, -0.2) is 0 Å². The van der Waals surface area contributed by atoms with Crippen LogP contribution >= 0.6 is 0 Å². The first-order valence-corrected chi connectivity index (χ1v) is 8.48. The van der Waals surface area contributed by atoms with Crippen molar-refractivity contribution in [2.45, 2.75) is 51.0 Å². The lowest BCUT2D eigenvalue weighted by atomic mass is 10.0. The lowest BCUT2D eigenvalue weighted by Gasteiger charge is -2.18. The van der Waals surface area contributed by atoms with Gasteiger partial charge < -0.3 is 5.32 Å². The van der Waals surface area contributed by atoms with Crippen molar-refractivity contribution in [3.63, 3.8) is 0 Å². The van der Waals surface area contributed by atoms with Crippen LogP contribution in [0.1, 0.15) is 58.9 Å². The van der Waals surface area contributed by atoms with Crippen LogP contribution in [0.25, 0.3) is 0 Å². The number of amides is 1. The van der Waals surface area contributed by atoms with Crippen molar-refractivity contribution in [1.82, 2.24) is 20.7 Å². The van der Waals surface area contributed by atoms with Crippen molar-refractivity contribution in [1.29, 1.82) is 0 Å². The maximum atomic E-state index is 12.6. The molecule has 120 valence electrons. The lowest BCUT2D eigenvalue weighted by Crippen LogP contribution is -2.38. The third-order valence-electron chi connectivity index (χ3n) is 4.80. The number of nitrogens with zero attached hydrogens (tertiary/aromatic N) is 2. The fourth-order valence-corrected chi connectivity index (χ4v) is 3.21. The van der Waals surface area contributed by atoms with E-state index in [1.807, 2.05) is 0 Å². The summed E-state index contributed by atoms with van der Waals surface area (Å²) in [6.07, 6.45) is 5.51. The molecule has 2 aliphatic carbocycles. The number of nitrogens with one attached hydrogen (secondary N) is 2. The van der Waals surface area contributed by atoms with E-state index in [0.29, 0.717) is 17.5 Å². The summed E-state index contributed by atoms with van der Waals surface area (Å²) in [6.45, 7) is 2.10. The van der Waals surface area contributed by atoms with Gasteiger partial charge in [-0.3, -0.25) is 4.79 Å². The Labute approximate surface area is 135 Å². The monoisotopic (exact) mass is 310 g/mol. The third kappa shape index (κ3) is 3.28. The van der Waals surface area contributed by atoms with Gasteiger partial charge in [0, 0.05) is 12.0 Å². The van der Waals surface area contributed by atoms with E-state index >= 15 is 0 Å². The molecule has 1 atom stereocenters. The van der Waals surface area contributed by atoms with Crippen LogP contribution in [0.3, 0.4) is 0 Å². The van der Waals surface area contributed by atoms with Gasteiger partial charge in [0.15, 0.2) is 5.69 Å². The Bertz CT molecular complexity index is 715.